The molecule has 2 aliphatic heterocycles. The summed E-state index contributed by atoms with van der Waals surface area (Å²) in [6, 6.07) is 9.86. The number of aromatic carboxylic acids is 1. The zero-order valence-electron chi connectivity index (χ0n) is 14.5. The average molecular weight is 461 g/mol. The molecule has 1 N–H and O–H groups in total. The molecule has 28 heavy (non-hydrogen) atoms. The minimum Gasteiger partial charge on any atom is -0.478 e. The van der Waals surface area contributed by atoms with Crippen LogP contribution in [0.25, 0.3) is 6.08 Å². The van der Waals surface area contributed by atoms with Gasteiger partial charge in [0, 0.05) is 11.5 Å². The van der Waals surface area contributed by atoms with E-state index in [1.165, 1.54) is 28.8 Å². The number of nitrogens with zero attached hydrogens (tertiary/aromatic N) is 2. The van der Waals surface area contributed by atoms with E-state index >= 15 is 0 Å². The number of halogens is 1. The molecule has 0 atom stereocenters. The van der Waals surface area contributed by atoms with E-state index < -0.39 is 5.97 Å². The van der Waals surface area contributed by atoms with Crippen molar-refractivity contribution >= 4 is 56.5 Å². The number of carboxylic acid groups (broad SMARTS) is 1. The van der Waals surface area contributed by atoms with E-state index in [1.54, 1.807) is 37.4 Å². The summed E-state index contributed by atoms with van der Waals surface area (Å²) in [5, 5.41) is 9.58. The van der Waals surface area contributed by atoms with E-state index in [-0.39, 0.29) is 18.3 Å². The summed E-state index contributed by atoms with van der Waals surface area (Å²) in [5.74, 6) is 0.0526. The third-order valence-electron chi connectivity index (χ3n) is 4.10. The zero-order chi connectivity index (χ0) is 19.8. The Morgan fingerprint density at radius 1 is 1.29 bits per heavy atom. The summed E-state index contributed by atoms with van der Waals surface area (Å²) in [6.45, 7) is 0.171. The Morgan fingerprint density at radius 2 is 2.04 bits per heavy atom. The Morgan fingerprint density at radius 3 is 2.79 bits per heavy atom. The van der Waals surface area contributed by atoms with E-state index in [0.29, 0.717) is 27.3 Å². The van der Waals surface area contributed by atoms with Gasteiger partial charge in [-0.05, 0) is 53.7 Å². The number of carbonyl (C=O) groups excluding carboxylic acids is 1. The quantitative estimate of drug-likeness (QED) is 0.693. The highest BCUT2D eigenvalue weighted by molar-refractivity contribution is 9.10. The van der Waals surface area contributed by atoms with Crippen LogP contribution in [0.3, 0.4) is 0 Å². The van der Waals surface area contributed by atoms with Gasteiger partial charge in [0.1, 0.15) is 0 Å². The van der Waals surface area contributed by atoms with Crippen LogP contribution in [0.15, 0.2) is 50.8 Å². The van der Waals surface area contributed by atoms with Crippen LogP contribution in [0.1, 0.15) is 15.9 Å². The minimum absolute atomic E-state index is 0.138. The van der Waals surface area contributed by atoms with Gasteiger partial charge in [-0.1, -0.05) is 22.0 Å². The van der Waals surface area contributed by atoms with Gasteiger partial charge in [-0.3, -0.25) is 9.69 Å². The maximum absolute atomic E-state index is 12.6. The number of thioether (sulfide) groups is 1. The maximum atomic E-state index is 12.6. The third-order valence-corrected chi connectivity index (χ3v) is 5.85. The molecule has 2 heterocycles. The molecule has 2 aromatic carbocycles. The summed E-state index contributed by atoms with van der Waals surface area (Å²) < 4.78 is 11.5. The van der Waals surface area contributed by atoms with Crippen LogP contribution in [-0.2, 0) is 4.79 Å². The number of aliphatic imine (C=N–C) groups is 1. The Balaban J connectivity index is 1.65. The number of hydrogen-bond donors (Lipinski definition) is 1. The van der Waals surface area contributed by atoms with Crippen LogP contribution in [0.5, 0.6) is 11.5 Å². The number of amides is 1. The van der Waals surface area contributed by atoms with Crippen LogP contribution in [0.4, 0.5) is 5.69 Å². The smallest absolute Gasteiger partial charge is 0.335 e. The van der Waals surface area contributed by atoms with Crippen molar-refractivity contribution in [3.8, 4) is 11.5 Å². The molecular formula is C19H13BrN2O5S. The monoisotopic (exact) mass is 460 g/mol. The highest BCUT2D eigenvalue weighted by Crippen LogP contribution is 2.40. The first-order chi connectivity index (χ1) is 13.4. The van der Waals surface area contributed by atoms with Gasteiger partial charge in [0.05, 0.1) is 16.2 Å². The Hall–Kier alpha value is -2.78. The predicted molar refractivity (Wildman–Crippen MR) is 109 cm³/mol. The van der Waals surface area contributed by atoms with Gasteiger partial charge in [-0.2, -0.15) is 0 Å². The van der Waals surface area contributed by atoms with E-state index in [0.717, 1.165) is 10.0 Å². The fraction of sp³-hybridized carbons (Fsp3) is 0.105. The van der Waals surface area contributed by atoms with Crippen molar-refractivity contribution in [2.45, 2.75) is 0 Å². The van der Waals surface area contributed by atoms with Gasteiger partial charge in [-0.25, -0.2) is 9.79 Å². The molecule has 1 amide bonds. The predicted octanol–water partition coefficient (Wildman–Crippen LogP) is 4.11. The van der Waals surface area contributed by atoms with Crippen LogP contribution >= 0.6 is 27.7 Å². The third kappa shape index (κ3) is 3.50. The molecule has 0 spiro atoms. The molecule has 2 aliphatic rings. The second kappa shape index (κ2) is 7.33. The van der Waals surface area contributed by atoms with Crippen LogP contribution in [-0.4, -0.2) is 40.9 Å². The van der Waals surface area contributed by atoms with Crippen molar-refractivity contribution in [1.82, 2.24) is 4.90 Å². The molecule has 7 nitrogen and oxygen atoms in total. The molecule has 0 aliphatic carbocycles. The lowest BCUT2D eigenvalue weighted by Gasteiger charge is -2.07. The van der Waals surface area contributed by atoms with Crippen molar-refractivity contribution in [3.05, 3.63) is 56.9 Å². The Labute approximate surface area is 172 Å². The maximum Gasteiger partial charge on any atom is 0.335 e. The fourth-order valence-corrected chi connectivity index (χ4v) is 4.07. The number of fused-ring (bicyclic) bond motifs is 1. The lowest BCUT2D eigenvalue weighted by atomic mass is 10.2. The number of amidine groups is 1. The van der Waals surface area contributed by atoms with Crippen molar-refractivity contribution in [2.24, 2.45) is 4.99 Å². The number of hydrogen-bond acceptors (Lipinski definition) is 6. The van der Waals surface area contributed by atoms with E-state index in [4.69, 9.17) is 14.6 Å². The number of carbonyl (C=O) groups is 2. The summed E-state index contributed by atoms with van der Waals surface area (Å²) in [7, 11) is 1.63. The van der Waals surface area contributed by atoms with E-state index in [1.807, 2.05) is 0 Å². The van der Waals surface area contributed by atoms with Gasteiger partial charge in [0.15, 0.2) is 16.7 Å². The molecule has 4 rings (SSSR count). The number of benzene rings is 2. The van der Waals surface area contributed by atoms with Crippen LogP contribution in [0, 0.1) is 0 Å². The lowest BCUT2D eigenvalue weighted by Crippen LogP contribution is -2.23. The topological polar surface area (TPSA) is 88.4 Å². The summed E-state index contributed by atoms with van der Waals surface area (Å²) in [6.07, 6.45) is 1.76. The van der Waals surface area contributed by atoms with Gasteiger partial charge < -0.3 is 14.6 Å². The van der Waals surface area contributed by atoms with Gasteiger partial charge in [0.25, 0.3) is 5.91 Å². The number of likely N-dealkylation sites (N-methyl/N-ethyl adjacent to an activating group) is 1. The van der Waals surface area contributed by atoms with E-state index in [9.17, 15) is 9.59 Å². The van der Waals surface area contributed by atoms with E-state index in [2.05, 4.69) is 20.9 Å². The SMILES string of the molecule is CN1C(=O)/C(=C/c2cc3c(cc2Br)OCO3)SC1=Nc1cccc(C(=O)O)c1. The molecule has 0 bridgehead atoms. The van der Waals surface area contributed by atoms with Crippen molar-refractivity contribution < 1.29 is 24.2 Å². The normalized spacial score (nSPS) is 18.4. The number of rotatable bonds is 3. The lowest BCUT2D eigenvalue weighted by molar-refractivity contribution is -0.121. The van der Waals surface area contributed by atoms with Crippen LogP contribution < -0.4 is 9.47 Å². The van der Waals surface area contributed by atoms with Crippen molar-refractivity contribution in [2.75, 3.05) is 13.8 Å². The first kappa shape index (κ1) is 18.6. The number of carboxylic acids is 1. The highest BCUT2D eigenvalue weighted by atomic mass is 79.9. The standard InChI is InChI=1S/C19H13BrN2O5S/c1-22-17(23)16(7-11-6-14-15(8-13(11)20)27-9-26-14)28-19(22)21-12-4-2-3-10(5-12)18(24)25/h2-8H,9H2,1H3,(H,24,25)/b16-7-,21-19?. The average Bonchev–Trinajstić information content (AvgIpc) is 3.22. The fourth-order valence-electron chi connectivity index (χ4n) is 2.66. The molecule has 2 aromatic rings. The summed E-state index contributed by atoms with van der Waals surface area (Å²) in [4.78, 5) is 30.1. The molecule has 0 saturated carbocycles. The molecular weight excluding hydrogens is 448 g/mol. The summed E-state index contributed by atoms with van der Waals surface area (Å²) >= 11 is 4.70. The van der Waals surface area contributed by atoms with Crippen molar-refractivity contribution in [3.63, 3.8) is 0 Å². The Kier molecular flexibility index (Phi) is 4.86. The first-order valence-corrected chi connectivity index (χ1v) is 9.72. The Bertz CT molecular complexity index is 1070. The molecule has 0 unspecified atom stereocenters. The van der Waals surface area contributed by atoms with Gasteiger partial charge >= 0.3 is 5.97 Å². The number of ether oxygens (including phenoxy) is 2. The summed E-state index contributed by atoms with van der Waals surface area (Å²) in [5.41, 5.74) is 1.38. The molecule has 0 radical (unpaired) electrons. The zero-order valence-corrected chi connectivity index (χ0v) is 16.9. The minimum atomic E-state index is -1.03. The molecule has 142 valence electrons. The van der Waals surface area contributed by atoms with Gasteiger partial charge in [-0.15, -0.1) is 0 Å². The van der Waals surface area contributed by atoms with Crippen LogP contribution in [0.2, 0.25) is 0 Å². The second-order valence-corrected chi connectivity index (χ2v) is 7.82. The van der Waals surface area contributed by atoms with Gasteiger partial charge in [0.2, 0.25) is 6.79 Å². The first-order valence-electron chi connectivity index (χ1n) is 8.11. The highest BCUT2D eigenvalue weighted by Gasteiger charge is 2.31. The molecule has 0 aromatic heterocycles. The second-order valence-electron chi connectivity index (χ2n) is 5.95. The van der Waals surface area contributed by atoms with Crippen molar-refractivity contribution in [1.29, 1.82) is 0 Å². The molecule has 9 heteroatoms. The largest absolute Gasteiger partial charge is 0.478 e. The molecule has 1 saturated heterocycles. The molecule has 1 fully saturated rings.